The minimum Gasteiger partial charge on any atom is -0.493 e. The molecule has 1 N–H and O–H groups in total. The lowest BCUT2D eigenvalue weighted by molar-refractivity contribution is -0.117. The first-order valence-corrected chi connectivity index (χ1v) is 8.57. The first kappa shape index (κ1) is 19.2. The van der Waals surface area contributed by atoms with Crippen molar-refractivity contribution in [1.29, 1.82) is 0 Å². The fourth-order valence-corrected chi connectivity index (χ4v) is 2.58. The fourth-order valence-electron chi connectivity index (χ4n) is 2.58. The van der Waals surface area contributed by atoms with Crippen LogP contribution in [0.25, 0.3) is 11.4 Å². The van der Waals surface area contributed by atoms with Crippen LogP contribution >= 0.6 is 0 Å². The van der Waals surface area contributed by atoms with Crippen LogP contribution in [-0.4, -0.2) is 54.4 Å². The normalized spacial score (nSPS) is 10.4. The van der Waals surface area contributed by atoms with Crippen LogP contribution in [0.5, 0.6) is 11.5 Å². The Morgan fingerprint density at radius 1 is 1.07 bits per heavy atom. The second-order valence-corrected chi connectivity index (χ2v) is 6.20. The van der Waals surface area contributed by atoms with Crippen molar-refractivity contribution in [1.82, 2.24) is 20.2 Å². The smallest absolute Gasteiger partial charge is 0.248 e. The number of nitrogens with one attached hydrogen (secondary N) is 1. The van der Waals surface area contributed by atoms with Gasteiger partial charge in [-0.1, -0.05) is 0 Å². The zero-order valence-electron chi connectivity index (χ0n) is 16.2. The number of carbonyl (C=O) groups is 1. The van der Waals surface area contributed by atoms with Gasteiger partial charge >= 0.3 is 0 Å². The summed E-state index contributed by atoms with van der Waals surface area (Å²) in [6.07, 6.45) is 0. The first-order valence-electron chi connectivity index (χ1n) is 8.57. The van der Waals surface area contributed by atoms with Crippen LogP contribution in [0.2, 0.25) is 0 Å². The summed E-state index contributed by atoms with van der Waals surface area (Å²) in [5.74, 6) is 1.30. The van der Waals surface area contributed by atoms with E-state index in [1.54, 1.807) is 25.3 Å². The van der Waals surface area contributed by atoms with E-state index in [4.69, 9.17) is 9.47 Å². The van der Waals surface area contributed by atoms with Gasteiger partial charge in [-0.2, -0.15) is 4.80 Å². The monoisotopic (exact) mass is 382 g/mol. The number of ether oxygens (including phenoxy) is 2. The third-order valence-electron chi connectivity index (χ3n) is 4.05. The van der Waals surface area contributed by atoms with Crippen molar-refractivity contribution in [3.63, 3.8) is 0 Å². The van der Waals surface area contributed by atoms with Crippen LogP contribution in [0.15, 0.2) is 42.5 Å². The molecule has 0 saturated heterocycles. The van der Waals surface area contributed by atoms with E-state index in [0.717, 1.165) is 11.3 Å². The lowest BCUT2D eigenvalue weighted by Gasteiger charge is -2.11. The fraction of sp³-hybridized carbons (Fsp3) is 0.263. The number of tetrazole rings is 1. The molecule has 0 bridgehead atoms. The molecule has 0 radical (unpaired) electrons. The molecule has 3 aromatic rings. The van der Waals surface area contributed by atoms with E-state index in [9.17, 15) is 4.79 Å². The number of nitrogens with zero attached hydrogens (tertiary/aromatic N) is 5. The highest BCUT2D eigenvalue weighted by Gasteiger charge is 2.11. The molecular formula is C19H22N6O3. The molecule has 0 atom stereocenters. The summed E-state index contributed by atoms with van der Waals surface area (Å²) in [5, 5.41) is 15.0. The van der Waals surface area contributed by atoms with Gasteiger partial charge in [0.05, 0.1) is 14.2 Å². The van der Waals surface area contributed by atoms with Crippen LogP contribution in [0.3, 0.4) is 0 Å². The third-order valence-corrected chi connectivity index (χ3v) is 4.05. The van der Waals surface area contributed by atoms with Gasteiger partial charge in [0.15, 0.2) is 11.5 Å². The lowest BCUT2D eigenvalue weighted by atomic mass is 10.2. The second kappa shape index (κ2) is 8.38. The molecule has 0 fully saturated rings. The van der Waals surface area contributed by atoms with E-state index in [-0.39, 0.29) is 12.5 Å². The van der Waals surface area contributed by atoms with Gasteiger partial charge in [0, 0.05) is 37.1 Å². The minimum absolute atomic E-state index is 0.0584. The van der Waals surface area contributed by atoms with Gasteiger partial charge in [-0.05, 0) is 41.6 Å². The third kappa shape index (κ3) is 4.37. The summed E-state index contributed by atoms with van der Waals surface area (Å²) in [5.41, 5.74) is 2.49. The largest absolute Gasteiger partial charge is 0.493 e. The number of amides is 1. The predicted molar refractivity (Wildman–Crippen MR) is 106 cm³/mol. The molecule has 0 aliphatic heterocycles. The van der Waals surface area contributed by atoms with Gasteiger partial charge in [0.25, 0.3) is 0 Å². The topological polar surface area (TPSA) is 94.4 Å². The zero-order valence-corrected chi connectivity index (χ0v) is 16.2. The van der Waals surface area contributed by atoms with Crippen molar-refractivity contribution in [2.75, 3.05) is 38.5 Å². The summed E-state index contributed by atoms with van der Waals surface area (Å²) >= 11 is 0. The predicted octanol–water partition coefficient (Wildman–Crippen LogP) is 2.06. The van der Waals surface area contributed by atoms with Gasteiger partial charge in [0.2, 0.25) is 11.7 Å². The summed E-state index contributed by atoms with van der Waals surface area (Å²) in [6.45, 7) is -0.0584. The molecule has 0 aliphatic rings. The highest BCUT2D eigenvalue weighted by atomic mass is 16.5. The Morgan fingerprint density at radius 3 is 2.43 bits per heavy atom. The quantitative estimate of drug-likeness (QED) is 0.668. The SMILES string of the molecule is COc1ccc(NC(=O)Cn2nnc(-c3ccc(N(C)C)cc3)n2)cc1OC. The number of carbonyl (C=O) groups excluding carboxylic acids is 1. The molecule has 146 valence electrons. The molecule has 28 heavy (non-hydrogen) atoms. The van der Waals surface area contributed by atoms with Gasteiger partial charge in [0.1, 0.15) is 6.54 Å². The van der Waals surface area contributed by atoms with Crippen LogP contribution in [-0.2, 0) is 11.3 Å². The minimum atomic E-state index is -0.279. The summed E-state index contributed by atoms with van der Waals surface area (Å²) < 4.78 is 10.4. The number of methoxy groups -OCH3 is 2. The average Bonchev–Trinajstić information content (AvgIpc) is 3.16. The number of benzene rings is 2. The molecule has 1 heterocycles. The van der Waals surface area contributed by atoms with Crippen molar-refractivity contribution in [3.8, 4) is 22.9 Å². The number of aromatic nitrogens is 4. The van der Waals surface area contributed by atoms with Gasteiger partial charge < -0.3 is 19.7 Å². The van der Waals surface area contributed by atoms with E-state index < -0.39 is 0 Å². The Balaban J connectivity index is 1.65. The summed E-state index contributed by atoms with van der Waals surface area (Å²) in [6, 6.07) is 12.9. The van der Waals surface area contributed by atoms with Crippen LogP contribution < -0.4 is 19.7 Å². The molecule has 0 aliphatic carbocycles. The maximum absolute atomic E-state index is 12.3. The van der Waals surface area contributed by atoms with E-state index in [1.807, 2.05) is 43.3 Å². The Kier molecular flexibility index (Phi) is 5.73. The van der Waals surface area contributed by atoms with Gasteiger partial charge in [-0.25, -0.2) is 0 Å². The number of hydrogen-bond acceptors (Lipinski definition) is 7. The molecule has 0 spiro atoms. The molecule has 1 aromatic heterocycles. The zero-order chi connectivity index (χ0) is 20.1. The molecule has 2 aromatic carbocycles. The molecule has 0 unspecified atom stereocenters. The maximum Gasteiger partial charge on any atom is 0.248 e. The maximum atomic E-state index is 12.3. The second-order valence-electron chi connectivity index (χ2n) is 6.20. The highest BCUT2D eigenvalue weighted by molar-refractivity contribution is 5.90. The molecule has 9 nitrogen and oxygen atoms in total. The van der Waals surface area contributed by atoms with Crippen LogP contribution in [0.4, 0.5) is 11.4 Å². The van der Waals surface area contributed by atoms with Crippen molar-refractivity contribution in [2.45, 2.75) is 6.54 Å². The Morgan fingerprint density at radius 2 is 1.79 bits per heavy atom. The number of hydrogen-bond donors (Lipinski definition) is 1. The van der Waals surface area contributed by atoms with Crippen LogP contribution in [0, 0.1) is 0 Å². The highest BCUT2D eigenvalue weighted by Crippen LogP contribution is 2.29. The van der Waals surface area contributed by atoms with E-state index >= 15 is 0 Å². The van der Waals surface area contributed by atoms with Crippen LogP contribution in [0.1, 0.15) is 0 Å². The number of rotatable bonds is 7. The Hall–Kier alpha value is -3.62. The van der Waals surface area contributed by atoms with Crippen molar-refractivity contribution >= 4 is 17.3 Å². The number of anilines is 2. The van der Waals surface area contributed by atoms with Gasteiger partial charge in [-0.3, -0.25) is 4.79 Å². The first-order chi connectivity index (χ1) is 13.5. The molecule has 9 heteroatoms. The molecule has 1 amide bonds. The molecular weight excluding hydrogens is 360 g/mol. The van der Waals surface area contributed by atoms with E-state index in [0.29, 0.717) is 23.0 Å². The van der Waals surface area contributed by atoms with Crippen molar-refractivity contribution < 1.29 is 14.3 Å². The molecule has 0 saturated carbocycles. The van der Waals surface area contributed by atoms with E-state index in [1.165, 1.54) is 11.9 Å². The average molecular weight is 382 g/mol. The lowest BCUT2D eigenvalue weighted by Crippen LogP contribution is -2.20. The molecule has 3 rings (SSSR count). The Labute approximate surface area is 162 Å². The van der Waals surface area contributed by atoms with E-state index in [2.05, 4.69) is 20.7 Å². The summed E-state index contributed by atoms with van der Waals surface area (Å²) in [7, 11) is 7.04. The van der Waals surface area contributed by atoms with Crippen molar-refractivity contribution in [3.05, 3.63) is 42.5 Å². The summed E-state index contributed by atoms with van der Waals surface area (Å²) in [4.78, 5) is 15.5. The standard InChI is InChI=1S/C19H22N6O3/c1-24(2)15-8-5-13(6-9-15)19-21-23-25(22-19)12-18(26)20-14-7-10-16(27-3)17(11-14)28-4/h5-11H,12H2,1-4H3,(H,20,26). The Bertz CT molecular complexity index is 953. The van der Waals surface area contributed by atoms with Gasteiger partial charge in [-0.15, -0.1) is 10.2 Å². The van der Waals surface area contributed by atoms with Crippen molar-refractivity contribution in [2.24, 2.45) is 0 Å².